The van der Waals surface area contributed by atoms with E-state index in [-0.39, 0.29) is 5.82 Å². The summed E-state index contributed by atoms with van der Waals surface area (Å²) in [7, 11) is 0. The Kier molecular flexibility index (Phi) is 4.37. The van der Waals surface area contributed by atoms with Crippen molar-refractivity contribution < 1.29 is 4.39 Å². The van der Waals surface area contributed by atoms with E-state index in [0.29, 0.717) is 0 Å². The highest BCUT2D eigenvalue weighted by Gasteiger charge is 2.13. The summed E-state index contributed by atoms with van der Waals surface area (Å²) in [5.74, 6) is -0.123. The van der Waals surface area contributed by atoms with Gasteiger partial charge in [0.05, 0.1) is 0 Å². The van der Waals surface area contributed by atoms with Gasteiger partial charge in [0.25, 0.3) is 0 Å². The Labute approximate surface area is 103 Å². The molecule has 0 bridgehead atoms. The number of halogens is 1. The van der Waals surface area contributed by atoms with Crippen molar-refractivity contribution in [1.29, 1.82) is 0 Å². The number of anilines is 1. The van der Waals surface area contributed by atoms with Crippen molar-refractivity contribution in [3.8, 4) is 0 Å². The van der Waals surface area contributed by atoms with E-state index in [9.17, 15) is 4.39 Å². The maximum atomic E-state index is 13.5. The van der Waals surface area contributed by atoms with E-state index in [1.54, 1.807) is 12.1 Å². The van der Waals surface area contributed by atoms with Crippen LogP contribution in [0.2, 0.25) is 0 Å². The molecule has 0 amide bonds. The first-order valence-corrected chi connectivity index (χ1v) is 6.54. The number of hydrogen-bond donors (Lipinski definition) is 1. The quantitative estimate of drug-likeness (QED) is 0.791. The fourth-order valence-corrected chi connectivity index (χ4v) is 2.30. The van der Waals surface area contributed by atoms with E-state index in [0.717, 1.165) is 43.9 Å². The molecule has 1 fully saturated rings. The van der Waals surface area contributed by atoms with Crippen molar-refractivity contribution in [3.63, 3.8) is 0 Å². The molecule has 1 saturated heterocycles. The molecule has 0 aliphatic carbocycles. The molecule has 2 nitrogen and oxygen atoms in total. The van der Waals surface area contributed by atoms with Gasteiger partial charge in [0.1, 0.15) is 5.82 Å². The van der Waals surface area contributed by atoms with Crippen LogP contribution in [0.4, 0.5) is 10.1 Å². The molecular formula is C14H21FN2. The van der Waals surface area contributed by atoms with Crippen molar-refractivity contribution in [1.82, 2.24) is 5.32 Å². The zero-order valence-electron chi connectivity index (χ0n) is 10.5. The summed E-state index contributed by atoms with van der Waals surface area (Å²) in [6, 6.07) is 5.38. The molecule has 1 heterocycles. The van der Waals surface area contributed by atoms with Crippen LogP contribution in [0.1, 0.15) is 31.7 Å². The molecule has 1 aromatic carbocycles. The van der Waals surface area contributed by atoms with E-state index in [4.69, 9.17) is 0 Å². The lowest BCUT2D eigenvalue weighted by atomic mass is 10.1. The van der Waals surface area contributed by atoms with Crippen molar-refractivity contribution in [2.24, 2.45) is 0 Å². The second kappa shape index (κ2) is 6.01. The lowest BCUT2D eigenvalue weighted by Crippen LogP contribution is -2.19. The predicted octanol–water partition coefficient (Wildman–Crippen LogP) is 2.93. The Hall–Kier alpha value is -1.09. The summed E-state index contributed by atoms with van der Waals surface area (Å²) in [5.41, 5.74) is 2.08. The first-order chi connectivity index (χ1) is 8.29. The Morgan fingerprint density at radius 1 is 1.24 bits per heavy atom. The van der Waals surface area contributed by atoms with Crippen LogP contribution in [0.25, 0.3) is 0 Å². The second-order valence-electron chi connectivity index (χ2n) is 4.69. The van der Waals surface area contributed by atoms with E-state index in [1.807, 2.05) is 0 Å². The summed E-state index contributed by atoms with van der Waals surface area (Å²) in [6.07, 6.45) is 3.55. The van der Waals surface area contributed by atoms with Crippen LogP contribution in [0, 0.1) is 5.82 Å². The molecule has 1 aliphatic heterocycles. The van der Waals surface area contributed by atoms with Gasteiger partial charge in [-0.15, -0.1) is 0 Å². The maximum Gasteiger partial charge on any atom is 0.125 e. The molecule has 0 saturated carbocycles. The topological polar surface area (TPSA) is 15.3 Å². The summed E-state index contributed by atoms with van der Waals surface area (Å²) < 4.78 is 13.5. The molecule has 3 heteroatoms. The molecule has 1 aromatic rings. The standard InChI is InChI=1S/C14H21FN2/c1-2-5-16-11-12-8-13(15)10-14(9-12)17-6-3-4-7-17/h8-10,16H,2-7,11H2,1H3. The highest BCUT2D eigenvalue weighted by atomic mass is 19.1. The van der Waals surface area contributed by atoms with Gasteiger partial charge in [0.15, 0.2) is 0 Å². The molecule has 0 aromatic heterocycles. The zero-order valence-corrected chi connectivity index (χ0v) is 10.5. The minimum atomic E-state index is -0.123. The Balaban J connectivity index is 2.05. The molecule has 1 N–H and O–H groups in total. The third-order valence-corrected chi connectivity index (χ3v) is 3.17. The summed E-state index contributed by atoms with van der Waals surface area (Å²) in [6.45, 7) is 5.99. The second-order valence-corrected chi connectivity index (χ2v) is 4.69. The third kappa shape index (κ3) is 3.43. The zero-order chi connectivity index (χ0) is 12.1. The lowest BCUT2D eigenvalue weighted by molar-refractivity contribution is 0.618. The van der Waals surface area contributed by atoms with E-state index < -0.39 is 0 Å². The number of nitrogens with zero attached hydrogens (tertiary/aromatic N) is 1. The fourth-order valence-electron chi connectivity index (χ4n) is 2.30. The number of hydrogen-bond acceptors (Lipinski definition) is 2. The predicted molar refractivity (Wildman–Crippen MR) is 69.8 cm³/mol. The highest BCUT2D eigenvalue weighted by molar-refractivity contribution is 5.49. The lowest BCUT2D eigenvalue weighted by Gasteiger charge is -2.18. The average molecular weight is 236 g/mol. The maximum absolute atomic E-state index is 13.5. The van der Waals surface area contributed by atoms with Crippen molar-refractivity contribution >= 4 is 5.69 Å². The van der Waals surface area contributed by atoms with E-state index >= 15 is 0 Å². The molecule has 0 radical (unpaired) electrons. The van der Waals surface area contributed by atoms with Gasteiger partial charge >= 0.3 is 0 Å². The molecule has 0 unspecified atom stereocenters. The number of rotatable bonds is 5. The summed E-state index contributed by atoms with van der Waals surface area (Å²) >= 11 is 0. The smallest absolute Gasteiger partial charge is 0.125 e. The van der Waals surface area contributed by atoms with Gasteiger partial charge in [0.2, 0.25) is 0 Å². The Bertz CT molecular complexity index is 359. The van der Waals surface area contributed by atoms with Crippen molar-refractivity contribution in [2.75, 3.05) is 24.5 Å². The number of benzene rings is 1. The van der Waals surface area contributed by atoms with Gasteiger partial charge in [-0.3, -0.25) is 0 Å². The SMILES string of the molecule is CCCNCc1cc(F)cc(N2CCCC2)c1. The van der Waals surface area contributed by atoms with Crippen LogP contribution in [0.5, 0.6) is 0 Å². The minimum Gasteiger partial charge on any atom is -0.371 e. The first kappa shape index (κ1) is 12.4. The molecule has 1 aliphatic rings. The molecule has 0 atom stereocenters. The van der Waals surface area contributed by atoms with Crippen molar-refractivity contribution in [2.45, 2.75) is 32.7 Å². The summed E-state index contributed by atoms with van der Waals surface area (Å²) in [5, 5.41) is 3.31. The van der Waals surface area contributed by atoms with Crippen LogP contribution in [0.3, 0.4) is 0 Å². The van der Waals surface area contributed by atoms with Gasteiger partial charge in [-0.05, 0) is 49.6 Å². The number of nitrogens with one attached hydrogen (secondary N) is 1. The minimum absolute atomic E-state index is 0.123. The van der Waals surface area contributed by atoms with Crippen LogP contribution in [0.15, 0.2) is 18.2 Å². The van der Waals surface area contributed by atoms with Gasteiger partial charge < -0.3 is 10.2 Å². The first-order valence-electron chi connectivity index (χ1n) is 6.54. The molecule has 17 heavy (non-hydrogen) atoms. The summed E-state index contributed by atoms with van der Waals surface area (Å²) in [4.78, 5) is 2.27. The van der Waals surface area contributed by atoms with Gasteiger partial charge in [-0.25, -0.2) is 4.39 Å². The average Bonchev–Trinajstić information content (AvgIpc) is 2.82. The monoisotopic (exact) mass is 236 g/mol. The fraction of sp³-hybridized carbons (Fsp3) is 0.571. The normalized spacial score (nSPS) is 15.5. The third-order valence-electron chi connectivity index (χ3n) is 3.17. The van der Waals surface area contributed by atoms with Gasteiger partial charge in [-0.1, -0.05) is 6.92 Å². The van der Waals surface area contributed by atoms with Crippen molar-refractivity contribution in [3.05, 3.63) is 29.6 Å². The Morgan fingerprint density at radius 2 is 2.00 bits per heavy atom. The molecule has 94 valence electrons. The van der Waals surface area contributed by atoms with E-state index in [1.165, 1.54) is 12.8 Å². The van der Waals surface area contributed by atoms with Crippen LogP contribution in [-0.2, 0) is 6.54 Å². The van der Waals surface area contributed by atoms with Gasteiger partial charge in [-0.2, -0.15) is 0 Å². The highest BCUT2D eigenvalue weighted by Crippen LogP contribution is 2.22. The van der Waals surface area contributed by atoms with E-state index in [2.05, 4.69) is 23.2 Å². The largest absolute Gasteiger partial charge is 0.371 e. The van der Waals surface area contributed by atoms with Crippen LogP contribution < -0.4 is 10.2 Å². The molecule has 2 rings (SSSR count). The Morgan fingerprint density at radius 3 is 2.71 bits per heavy atom. The van der Waals surface area contributed by atoms with Gasteiger partial charge in [0, 0.05) is 25.3 Å². The van der Waals surface area contributed by atoms with Crippen LogP contribution in [-0.4, -0.2) is 19.6 Å². The molecule has 0 spiro atoms. The molecular weight excluding hydrogens is 215 g/mol. The van der Waals surface area contributed by atoms with Crippen LogP contribution >= 0.6 is 0 Å².